The molecule has 1 fully saturated rings. The van der Waals surface area contributed by atoms with E-state index in [1.165, 1.54) is 24.9 Å². The highest BCUT2D eigenvalue weighted by atomic mass is 16.1. The normalized spacial score (nSPS) is 16.6. The van der Waals surface area contributed by atoms with Crippen LogP contribution in [0.25, 0.3) is 0 Å². The van der Waals surface area contributed by atoms with Crippen molar-refractivity contribution in [2.45, 2.75) is 39.0 Å². The first-order valence-electron chi connectivity index (χ1n) is 8.10. The summed E-state index contributed by atoms with van der Waals surface area (Å²) in [6, 6.07) is 8.17. The van der Waals surface area contributed by atoms with Gasteiger partial charge in [-0.25, -0.2) is 0 Å². The van der Waals surface area contributed by atoms with Crippen LogP contribution in [0.3, 0.4) is 0 Å². The van der Waals surface area contributed by atoms with Gasteiger partial charge in [-0.05, 0) is 49.9 Å². The van der Waals surface area contributed by atoms with Gasteiger partial charge < -0.3 is 16.0 Å². The molecule has 3 N–H and O–H groups in total. The Balaban J connectivity index is 1.93. The Kier molecular flexibility index (Phi) is 6.05. The molecule has 116 valence electrons. The number of carbonyl (C=O) groups is 1. The standard InChI is InChI=1S/C17H27N3O/c1-2-6-14(13-18)17(21)19-15-7-9-16(10-8-15)20-11-4-3-5-12-20/h7-10,14H,2-6,11-13,18H2,1H3,(H,19,21). The van der Waals surface area contributed by atoms with Gasteiger partial charge in [0.1, 0.15) is 0 Å². The number of piperidine rings is 1. The number of rotatable bonds is 6. The summed E-state index contributed by atoms with van der Waals surface area (Å²) in [6.07, 6.45) is 5.70. The maximum absolute atomic E-state index is 12.1. The summed E-state index contributed by atoms with van der Waals surface area (Å²) < 4.78 is 0. The average Bonchev–Trinajstić information content (AvgIpc) is 2.54. The van der Waals surface area contributed by atoms with E-state index in [4.69, 9.17) is 5.73 Å². The highest BCUT2D eigenvalue weighted by Gasteiger charge is 2.16. The number of carbonyl (C=O) groups excluding carboxylic acids is 1. The third kappa shape index (κ3) is 4.46. The van der Waals surface area contributed by atoms with E-state index in [1.807, 2.05) is 12.1 Å². The van der Waals surface area contributed by atoms with E-state index in [2.05, 4.69) is 29.3 Å². The van der Waals surface area contributed by atoms with Crippen molar-refractivity contribution < 1.29 is 4.79 Å². The number of nitrogens with zero attached hydrogens (tertiary/aromatic N) is 1. The van der Waals surface area contributed by atoms with Gasteiger partial charge in [0.05, 0.1) is 5.92 Å². The zero-order valence-corrected chi connectivity index (χ0v) is 13.0. The number of anilines is 2. The monoisotopic (exact) mass is 289 g/mol. The van der Waals surface area contributed by atoms with E-state index >= 15 is 0 Å². The molecule has 0 radical (unpaired) electrons. The van der Waals surface area contributed by atoms with Crippen LogP contribution in [-0.4, -0.2) is 25.5 Å². The summed E-state index contributed by atoms with van der Waals surface area (Å²) in [5.41, 5.74) is 7.77. The highest BCUT2D eigenvalue weighted by molar-refractivity contribution is 5.92. The number of benzene rings is 1. The Morgan fingerprint density at radius 2 is 1.90 bits per heavy atom. The van der Waals surface area contributed by atoms with Crippen molar-refractivity contribution in [3.05, 3.63) is 24.3 Å². The van der Waals surface area contributed by atoms with E-state index in [1.54, 1.807) is 0 Å². The van der Waals surface area contributed by atoms with E-state index in [0.717, 1.165) is 31.6 Å². The molecule has 1 saturated heterocycles. The molecule has 1 heterocycles. The van der Waals surface area contributed by atoms with Gasteiger partial charge in [0.2, 0.25) is 5.91 Å². The minimum atomic E-state index is -0.0863. The van der Waals surface area contributed by atoms with Gasteiger partial charge in [0.25, 0.3) is 0 Å². The SMILES string of the molecule is CCCC(CN)C(=O)Nc1ccc(N2CCCCC2)cc1. The van der Waals surface area contributed by atoms with Crippen LogP contribution in [0.2, 0.25) is 0 Å². The number of nitrogens with two attached hydrogens (primary N) is 1. The molecule has 1 aromatic carbocycles. The molecule has 2 rings (SSSR count). The molecule has 0 spiro atoms. The predicted molar refractivity (Wildman–Crippen MR) is 88.6 cm³/mol. The first-order valence-corrected chi connectivity index (χ1v) is 8.10. The van der Waals surface area contributed by atoms with Gasteiger partial charge in [-0.15, -0.1) is 0 Å². The molecule has 1 aliphatic rings. The molecule has 0 saturated carbocycles. The molecule has 1 atom stereocenters. The summed E-state index contributed by atoms with van der Waals surface area (Å²) >= 11 is 0. The molecule has 1 aromatic rings. The molecule has 21 heavy (non-hydrogen) atoms. The Hall–Kier alpha value is -1.55. The second kappa shape index (κ2) is 8.03. The molecule has 4 nitrogen and oxygen atoms in total. The first-order chi connectivity index (χ1) is 10.2. The van der Waals surface area contributed by atoms with Crippen LogP contribution < -0.4 is 16.0 Å². The van der Waals surface area contributed by atoms with Gasteiger partial charge in [0.15, 0.2) is 0 Å². The second-order valence-electron chi connectivity index (χ2n) is 5.81. The zero-order chi connectivity index (χ0) is 15.1. The summed E-state index contributed by atoms with van der Waals surface area (Å²) in [4.78, 5) is 14.5. The fourth-order valence-electron chi connectivity index (χ4n) is 2.86. The minimum Gasteiger partial charge on any atom is -0.372 e. The van der Waals surface area contributed by atoms with Crippen LogP contribution in [0.15, 0.2) is 24.3 Å². The van der Waals surface area contributed by atoms with Crippen LogP contribution in [0, 0.1) is 5.92 Å². The molecule has 1 amide bonds. The molecule has 0 bridgehead atoms. The van der Waals surface area contributed by atoms with Crippen molar-refractivity contribution in [3.8, 4) is 0 Å². The van der Waals surface area contributed by atoms with E-state index < -0.39 is 0 Å². The van der Waals surface area contributed by atoms with Crippen molar-refractivity contribution in [2.24, 2.45) is 11.7 Å². The zero-order valence-electron chi connectivity index (χ0n) is 13.0. The molecular weight excluding hydrogens is 262 g/mol. The Labute approximate surface area is 127 Å². The van der Waals surface area contributed by atoms with E-state index in [0.29, 0.717) is 6.54 Å². The summed E-state index contributed by atoms with van der Waals surface area (Å²) in [5.74, 6) is -0.0538. The summed E-state index contributed by atoms with van der Waals surface area (Å²) in [5, 5.41) is 2.97. The maximum atomic E-state index is 12.1. The largest absolute Gasteiger partial charge is 0.372 e. The van der Waals surface area contributed by atoms with Crippen molar-refractivity contribution in [1.29, 1.82) is 0 Å². The quantitative estimate of drug-likeness (QED) is 0.846. The molecular formula is C17H27N3O. The molecule has 0 aliphatic carbocycles. The lowest BCUT2D eigenvalue weighted by Crippen LogP contribution is -2.30. The van der Waals surface area contributed by atoms with Crippen molar-refractivity contribution >= 4 is 17.3 Å². The fraction of sp³-hybridized carbons (Fsp3) is 0.588. The van der Waals surface area contributed by atoms with Crippen LogP contribution in [0.4, 0.5) is 11.4 Å². The van der Waals surface area contributed by atoms with Gasteiger partial charge in [0, 0.05) is 31.0 Å². The first kappa shape index (κ1) is 15.8. The topological polar surface area (TPSA) is 58.4 Å². The summed E-state index contributed by atoms with van der Waals surface area (Å²) in [7, 11) is 0. The smallest absolute Gasteiger partial charge is 0.228 e. The van der Waals surface area contributed by atoms with Gasteiger partial charge in [-0.1, -0.05) is 13.3 Å². The van der Waals surface area contributed by atoms with Crippen molar-refractivity contribution in [1.82, 2.24) is 0 Å². The van der Waals surface area contributed by atoms with Crippen LogP contribution in [0.5, 0.6) is 0 Å². The lowest BCUT2D eigenvalue weighted by atomic mass is 10.0. The van der Waals surface area contributed by atoms with Crippen LogP contribution in [-0.2, 0) is 4.79 Å². The predicted octanol–water partition coefficient (Wildman–Crippen LogP) is 2.99. The molecule has 1 unspecified atom stereocenters. The van der Waals surface area contributed by atoms with E-state index in [-0.39, 0.29) is 11.8 Å². The van der Waals surface area contributed by atoms with Crippen LogP contribution in [0.1, 0.15) is 39.0 Å². The second-order valence-corrected chi connectivity index (χ2v) is 5.81. The van der Waals surface area contributed by atoms with E-state index in [9.17, 15) is 4.79 Å². The Morgan fingerprint density at radius 3 is 2.48 bits per heavy atom. The summed E-state index contributed by atoms with van der Waals surface area (Å²) in [6.45, 7) is 4.75. The minimum absolute atomic E-state index is 0.0325. The number of nitrogens with one attached hydrogen (secondary N) is 1. The van der Waals surface area contributed by atoms with Gasteiger partial charge in [-0.3, -0.25) is 4.79 Å². The third-order valence-corrected chi connectivity index (χ3v) is 4.15. The Morgan fingerprint density at radius 1 is 1.24 bits per heavy atom. The van der Waals surface area contributed by atoms with Gasteiger partial charge >= 0.3 is 0 Å². The van der Waals surface area contributed by atoms with Crippen LogP contribution >= 0.6 is 0 Å². The van der Waals surface area contributed by atoms with Gasteiger partial charge in [-0.2, -0.15) is 0 Å². The highest BCUT2D eigenvalue weighted by Crippen LogP contribution is 2.22. The number of hydrogen-bond acceptors (Lipinski definition) is 3. The lowest BCUT2D eigenvalue weighted by Gasteiger charge is -2.28. The Bertz CT molecular complexity index is 438. The maximum Gasteiger partial charge on any atom is 0.228 e. The number of hydrogen-bond donors (Lipinski definition) is 2. The third-order valence-electron chi connectivity index (χ3n) is 4.15. The average molecular weight is 289 g/mol. The molecule has 1 aliphatic heterocycles. The lowest BCUT2D eigenvalue weighted by molar-refractivity contribution is -0.119. The number of amides is 1. The van der Waals surface area contributed by atoms with Crippen molar-refractivity contribution in [2.75, 3.05) is 29.9 Å². The fourth-order valence-corrected chi connectivity index (χ4v) is 2.86. The van der Waals surface area contributed by atoms with Crippen molar-refractivity contribution in [3.63, 3.8) is 0 Å². The molecule has 4 heteroatoms. The molecule has 0 aromatic heterocycles.